The van der Waals surface area contributed by atoms with Gasteiger partial charge in [-0.15, -0.1) is 11.3 Å². The molecule has 0 radical (unpaired) electrons. The van der Waals surface area contributed by atoms with Crippen LogP contribution in [0.3, 0.4) is 0 Å². The van der Waals surface area contributed by atoms with Gasteiger partial charge in [0.25, 0.3) is 0 Å². The molecule has 0 unspecified atom stereocenters. The molecule has 6 heteroatoms. The van der Waals surface area contributed by atoms with E-state index in [0.29, 0.717) is 17.0 Å². The van der Waals surface area contributed by atoms with Gasteiger partial charge in [0.2, 0.25) is 5.88 Å². The van der Waals surface area contributed by atoms with Crippen molar-refractivity contribution in [3.05, 3.63) is 74.7 Å². The zero-order chi connectivity index (χ0) is 17.2. The lowest BCUT2D eigenvalue weighted by Crippen LogP contribution is -1.94. The minimum Gasteiger partial charge on any atom is -0.494 e. The molecular weight excluding hydrogens is 352 g/mol. The molecule has 0 aliphatic rings. The third kappa shape index (κ3) is 3.45. The van der Waals surface area contributed by atoms with Gasteiger partial charge in [0.05, 0.1) is 4.88 Å². The van der Waals surface area contributed by atoms with Crippen LogP contribution >= 0.6 is 23.6 Å². The van der Waals surface area contributed by atoms with Crippen molar-refractivity contribution in [1.29, 1.82) is 0 Å². The van der Waals surface area contributed by atoms with Crippen LogP contribution in [0.2, 0.25) is 0 Å². The molecule has 0 atom stereocenters. The van der Waals surface area contributed by atoms with Crippen molar-refractivity contribution < 1.29 is 9.84 Å². The molecule has 3 N–H and O–H groups in total. The number of thiazole rings is 1. The van der Waals surface area contributed by atoms with Crippen molar-refractivity contribution in [2.75, 3.05) is 0 Å². The maximum Gasteiger partial charge on any atom is 0.203 e. The lowest BCUT2D eigenvalue weighted by atomic mass is 10.1. The van der Waals surface area contributed by atoms with Crippen LogP contribution in [0.1, 0.15) is 16.0 Å². The fraction of sp³-hybridized carbons (Fsp3) is 0.105. The van der Waals surface area contributed by atoms with E-state index in [0.717, 1.165) is 32.7 Å². The highest BCUT2D eigenvalue weighted by Gasteiger charge is 2.11. The zero-order valence-corrected chi connectivity index (χ0v) is 14.9. The van der Waals surface area contributed by atoms with Crippen LogP contribution < -0.4 is 4.74 Å². The number of nitrogens with one attached hydrogen (secondary N) is 2. The number of fused-ring (bicyclic) bond motifs is 1. The summed E-state index contributed by atoms with van der Waals surface area (Å²) in [7, 11) is 0. The smallest absolute Gasteiger partial charge is 0.203 e. The molecule has 0 aliphatic heterocycles. The maximum atomic E-state index is 9.92. The highest BCUT2D eigenvalue weighted by Crippen LogP contribution is 2.30. The molecule has 0 bridgehead atoms. The average molecular weight is 368 g/mol. The Morgan fingerprint density at radius 1 is 1.12 bits per heavy atom. The third-order valence-electron chi connectivity index (χ3n) is 4.04. The van der Waals surface area contributed by atoms with Crippen molar-refractivity contribution in [1.82, 2.24) is 9.97 Å². The number of hydrogen-bond donors (Lipinski definition) is 3. The Morgan fingerprint density at radius 3 is 2.72 bits per heavy atom. The van der Waals surface area contributed by atoms with E-state index in [1.807, 2.05) is 54.7 Å². The Kier molecular flexibility index (Phi) is 4.29. The summed E-state index contributed by atoms with van der Waals surface area (Å²) in [6.45, 7) is 0.534. The molecule has 2 aromatic carbocycles. The van der Waals surface area contributed by atoms with Crippen LogP contribution in [-0.2, 0) is 13.0 Å². The lowest BCUT2D eigenvalue weighted by Gasteiger charge is -2.07. The third-order valence-corrected chi connectivity index (χ3v) is 5.26. The molecule has 25 heavy (non-hydrogen) atoms. The topological polar surface area (TPSA) is 61.0 Å². The standard InChI is InChI=1S/C19H16N2O2S2/c22-18-17(25-19(24)21-18)8-13-10-20-16-7-6-14(9-15(13)16)23-11-12-4-2-1-3-5-12/h1-7,9-10,20,22H,8,11H2,(H,21,24). The second-order valence-electron chi connectivity index (χ2n) is 5.76. The monoisotopic (exact) mass is 368 g/mol. The first-order chi connectivity index (χ1) is 12.2. The summed E-state index contributed by atoms with van der Waals surface area (Å²) >= 11 is 6.49. The number of ether oxygens (including phenoxy) is 1. The molecule has 0 spiro atoms. The van der Waals surface area contributed by atoms with Crippen LogP contribution in [0.4, 0.5) is 0 Å². The molecule has 0 aliphatic carbocycles. The Morgan fingerprint density at radius 2 is 1.96 bits per heavy atom. The quantitative estimate of drug-likeness (QED) is 0.426. The predicted octanol–water partition coefficient (Wildman–Crippen LogP) is 5.16. The molecule has 4 rings (SSSR count). The largest absolute Gasteiger partial charge is 0.494 e. The molecule has 4 nitrogen and oxygen atoms in total. The molecule has 2 aromatic heterocycles. The van der Waals surface area contributed by atoms with E-state index in [9.17, 15) is 5.11 Å². The SMILES string of the molecule is Oc1[nH]c(=S)sc1Cc1c[nH]c2ccc(OCc3ccccc3)cc12. The second kappa shape index (κ2) is 6.74. The van der Waals surface area contributed by atoms with Crippen LogP contribution in [0, 0.1) is 3.95 Å². The lowest BCUT2D eigenvalue weighted by molar-refractivity contribution is 0.306. The maximum absolute atomic E-state index is 9.92. The molecular formula is C19H16N2O2S2. The van der Waals surface area contributed by atoms with E-state index in [1.54, 1.807) is 0 Å². The average Bonchev–Trinajstić information content (AvgIpc) is 3.17. The molecule has 0 amide bonds. The molecule has 4 aromatic rings. The van der Waals surface area contributed by atoms with Gasteiger partial charge in [-0.1, -0.05) is 30.3 Å². The second-order valence-corrected chi connectivity index (χ2v) is 7.53. The normalized spacial score (nSPS) is 11.0. The first-order valence-corrected chi connectivity index (χ1v) is 9.09. The number of rotatable bonds is 5. The molecule has 126 valence electrons. The van der Waals surface area contributed by atoms with Crippen molar-refractivity contribution >= 4 is 34.5 Å². The van der Waals surface area contributed by atoms with E-state index in [2.05, 4.69) is 9.97 Å². The van der Waals surface area contributed by atoms with Gasteiger partial charge in [0, 0.05) is 23.5 Å². The van der Waals surface area contributed by atoms with E-state index in [-0.39, 0.29) is 5.88 Å². The van der Waals surface area contributed by atoms with Crippen molar-refractivity contribution in [3.8, 4) is 11.6 Å². The van der Waals surface area contributed by atoms with Crippen molar-refractivity contribution in [3.63, 3.8) is 0 Å². The summed E-state index contributed by atoms with van der Waals surface area (Å²) < 4.78 is 6.50. The number of aromatic hydroxyl groups is 1. The number of H-pyrrole nitrogens is 2. The van der Waals surface area contributed by atoms with Crippen LogP contribution in [-0.4, -0.2) is 15.1 Å². The Hall–Kier alpha value is -2.57. The number of aromatic amines is 2. The highest BCUT2D eigenvalue weighted by molar-refractivity contribution is 7.73. The van der Waals surface area contributed by atoms with Gasteiger partial charge in [-0.3, -0.25) is 0 Å². The minimum absolute atomic E-state index is 0.154. The van der Waals surface area contributed by atoms with Crippen LogP contribution in [0.5, 0.6) is 11.6 Å². The van der Waals surface area contributed by atoms with Crippen molar-refractivity contribution in [2.24, 2.45) is 0 Å². The van der Waals surface area contributed by atoms with Crippen LogP contribution in [0.25, 0.3) is 10.9 Å². The van der Waals surface area contributed by atoms with Crippen LogP contribution in [0.15, 0.2) is 54.7 Å². The Labute approximate surface area is 153 Å². The first kappa shape index (κ1) is 15.9. The summed E-state index contributed by atoms with van der Waals surface area (Å²) in [5.74, 6) is 0.976. The van der Waals surface area contributed by atoms with Gasteiger partial charge in [-0.2, -0.15) is 0 Å². The zero-order valence-electron chi connectivity index (χ0n) is 13.3. The summed E-state index contributed by atoms with van der Waals surface area (Å²) in [6.07, 6.45) is 2.58. The summed E-state index contributed by atoms with van der Waals surface area (Å²) in [5.41, 5.74) is 3.27. The van der Waals surface area contributed by atoms with Gasteiger partial charge in [0.15, 0.2) is 3.95 Å². The van der Waals surface area contributed by atoms with E-state index in [4.69, 9.17) is 17.0 Å². The van der Waals surface area contributed by atoms with Gasteiger partial charge in [-0.05, 0) is 41.5 Å². The summed E-state index contributed by atoms with van der Waals surface area (Å²) in [6, 6.07) is 16.1. The Bertz CT molecular complexity index is 1060. The van der Waals surface area contributed by atoms with Gasteiger partial charge >= 0.3 is 0 Å². The minimum atomic E-state index is 0.154. The highest BCUT2D eigenvalue weighted by atomic mass is 32.1. The first-order valence-electron chi connectivity index (χ1n) is 7.87. The molecule has 0 saturated carbocycles. The fourth-order valence-electron chi connectivity index (χ4n) is 2.78. The number of aromatic nitrogens is 2. The molecule has 0 fully saturated rings. The predicted molar refractivity (Wildman–Crippen MR) is 103 cm³/mol. The van der Waals surface area contributed by atoms with Gasteiger partial charge < -0.3 is 19.8 Å². The Balaban J connectivity index is 1.59. The molecule has 2 heterocycles. The summed E-state index contributed by atoms with van der Waals surface area (Å²) in [4.78, 5) is 6.87. The van der Waals surface area contributed by atoms with E-state index in [1.165, 1.54) is 11.3 Å². The van der Waals surface area contributed by atoms with Gasteiger partial charge in [-0.25, -0.2) is 0 Å². The number of benzene rings is 2. The molecule has 0 saturated heterocycles. The number of hydrogen-bond acceptors (Lipinski definition) is 4. The van der Waals surface area contributed by atoms with E-state index >= 15 is 0 Å². The fourth-order valence-corrected chi connectivity index (χ4v) is 3.92. The van der Waals surface area contributed by atoms with Crippen molar-refractivity contribution in [2.45, 2.75) is 13.0 Å². The summed E-state index contributed by atoms with van der Waals surface area (Å²) in [5, 5.41) is 11.0. The van der Waals surface area contributed by atoms with E-state index < -0.39 is 0 Å². The van der Waals surface area contributed by atoms with Gasteiger partial charge in [0.1, 0.15) is 12.4 Å².